The van der Waals surface area contributed by atoms with Gasteiger partial charge in [0.25, 0.3) is 0 Å². The second-order valence-electron chi connectivity index (χ2n) is 9.01. The fourth-order valence-corrected chi connectivity index (χ4v) is 4.56. The Kier molecular flexibility index (Phi) is 4.02. The van der Waals surface area contributed by atoms with Crippen molar-refractivity contribution in [3.8, 4) is 22.9 Å². The Morgan fingerprint density at radius 3 is 2.84 bits per heavy atom. The van der Waals surface area contributed by atoms with Gasteiger partial charge in [0.15, 0.2) is 5.82 Å². The lowest BCUT2D eigenvalue weighted by molar-refractivity contribution is -0.117. The van der Waals surface area contributed by atoms with Gasteiger partial charge >= 0.3 is 0 Å². The average Bonchev–Trinajstić information content (AvgIpc) is 3.49. The van der Waals surface area contributed by atoms with Crippen LogP contribution in [0.2, 0.25) is 0 Å². The summed E-state index contributed by atoms with van der Waals surface area (Å²) in [5, 5.41) is 20.0. The first-order valence-corrected chi connectivity index (χ1v) is 10.7. The largest absolute Gasteiger partial charge is 0.488 e. The van der Waals surface area contributed by atoms with Gasteiger partial charge in [0, 0.05) is 42.2 Å². The van der Waals surface area contributed by atoms with E-state index in [4.69, 9.17) is 4.74 Å². The summed E-state index contributed by atoms with van der Waals surface area (Å²) in [6, 6.07) is 9.67. The summed E-state index contributed by atoms with van der Waals surface area (Å²) in [6.45, 7) is 2.14. The molecule has 3 aliphatic rings. The average molecular weight is 414 g/mol. The van der Waals surface area contributed by atoms with E-state index in [-0.39, 0.29) is 17.9 Å². The zero-order valence-electron chi connectivity index (χ0n) is 17.0. The molecule has 3 aromatic rings. The molecule has 6 rings (SSSR count). The van der Waals surface area contributed by atoms with Crippen molar-refractivity contribution >= 4 is 17.2 Å². The van der Waals surface area contributed by atoms with Crippen LogP contribution in [0.4, 0.5) is 5.82 Å². The topological polar surface area (TPSA) is 104 Å². The van der Waals surface area contributed by atoms with Crippen LogP contribution in [0.5, 0.6) is 5.75 Å². The van der Waals surface area contributed by atoms with Gasteiger partial charge in [-0.2, -0.15) is 10.4 Å². The van der Waals surface area contributed by atoms with Crippen molar-refractivity contribution in [1.29, 1.82) is 5.26 Å². The van der Waals surface area contributed by atoms with Crippen LogP contribution in [-0.4, -0.2) is 39.7 Å². The molecule has 0 aromatic carbocycles. The van der Waals surface area contributed by atoms with E-state index in [2.05, 4.69) is 26.8 Å². The number of carbonyl (C=O) groups is 1. The maximum Gasteiger partial charge on any atom is 0.228 e. The standard InChI is InChI=1S/C23H22N6O2/c24-10-16-6-19(20(11-26-16)31-18-8-23(9-18)12-25-13-23)15-3-4-29-17(5-15)7-21(28-29)27-22(30)14-1-2-14/h3-7,11,14,18,25H,1-2,8-9,12-13H2,(H,27,28,30). The number of nitriles is 1. The maximum absolute atomic E-state index is 12.0. The molecule has 0 unspecified atom stereocenters. The summed E-state index contributed by atoms with van der Waals surface area (Å²) >= 11 is 0. The lowest BCUT2D eigenvalue weighted by Crippen LogP contribution is -2.62. The zero-order chi connectivity index (χ0) is 21.0. The van der Waals surface area contributed by atoms with Crippen molar-refractivity contribution in [3.05, 3.63) is 42.4 Å². The van der Waals surface area contributed by atoms with Gasteiger partial charge in [0.1, 0.15) is 23.6 Å². The molecule has 2 N–H and O–H groups in total. The molecule has 0 bridgehead atoms. The fourth-order valence-electron chi connectivity index (χ4n) is 4.56. The number of carbonyl (C=O) groups excluding carboxylic acids is 1. The lowest BCUT2D eigenvalue weighted by atomic mass is 9.63. The molecule has 1 saturated heterocycles. The minimum absolute atomic E-state index is 0.0343. The summed E-state index contributed by atoms with van der Waals surface area (Å²) in [7, 11) is 0. The van der Waals surface area contributed by atoms with E-state index >= 15 is 0 Å². The Balaban J connectivity index is 1.29. The van der Waals surface area contributed by atoms with E-state index in [9.17, 15) is 10.1 Å². The molecule has 1 spiro atoms. The first-order valence-electron chi connectivity index (χ1n) is 10.7. The number of nitrogens with zero attached hydrogens (tertiary/aromatic N) is 4. The van der Waals surface area contributed by atoms with Crippen LogP contribution in [-0.2, 0) is 4.79 Å². The third kappa shape index (κ3) is 3.31. The monoisotopic (exact) mass is 414 g/mol. The molecule has 1 aliphatic heterocycles. The molecule has 2 aliphatic carbocycles. The van der Waals surface area contributed by atoms with Gasteiger partial charge in [-0.3, -0.25) is 4.79 Å². The van der Waals surface area contributed by atoms with E-state index in [1.54, 1.807) is 16.8 Å². The minimum atomic E-state index is 0.0343. The van der Waals surface area contributed by atoms with Gasteiger partial charge in [0.2, 0.25) is 5.91 Å². The third-order valence-electron chi connectivity index (χ3n) is 6.57. The number of ether oxygens (including phenoxy) is 1. The van der Waals surface area contributed by atoms with Crippen molar-refractivity contribution in [2.45, 2.75) is 31.8 Å². The van der Waals surface area contributed by atoms with Gasteiger partial charge in [-0.1, -0.05) is 0 Å². The van der Waals surface area contributed by atoms with Gasteiger partial charge in [-0.25, -0.2) is 9.50 Å². The van der Waals surface area contributed by atoms with Crippen LogP contribution >= 0.6 is 0 Å². The number of anilines is 1. The van der Waals surface area contributed by atoms with Crippen molar-refractivity contribution in [1.82, 2.24) is 19.9 Å². The van der Waals surface area contributed by atoms with Crippen LogP contribution < -0.4 is 15.4 Å². The molecular weight excluding hydrogens is 392 g/mol. The molecule has 0 atom stereocenters. The molecule has 2 saturated carbocycles. The van der Waals surface area contributed by atoms with Crippen molar-refractivity contribution in [3.63, 3.8) is 0 Å². The van der Waals surface area contributed by atoms with Crippen LogP contribution in [0, 0.1) is 22.7 Å². The van der Waals surface area contributed by atoms with Gasteiger partial charge in [-0.15, -0.1) is 0 Å². The Hall–Kier alpha value is -3.44. The molecule has 8 nitrogen and oxygen atoms in total. The van der Waals surface area contributed by atoms with E-state index in [1.807, 2.05) is 24.4 Å². The van der Waals surface area contributed by atoms with Crippen molar-refractivity contribution in [2.75, 3.05) is 18.4 Å². The Labute approximate surface area is 179 Å². The number of amides is 1. The maximum atomic E-state index is 12.0. The molecule has 3 fully saturated rings. The highest BCUT2D eigenvalue weighted by Gasteiger charge is 2.49. The molecule has 4 heterocycles. The molecule has 0 radical (unpaired) electrons. The smallest absolute Gasteiger partial charge is 0.228 e. The van der Waals surface area contributed by atoms with Gasteiger partial charge in [0.05, 0.1) is 11.7 Å². The van der Waals surface area contributed by atoms with Gasteiger partial charge in [-0.05, 0) is 49.4 Å². The van der Waals surface area contributed by atoms with Crippen LogP contribution in [0.1, 0.15) is 31.4 Å². The highest BCUT2D eigenvalue weighted by atomic mass is 16.5. The van der Waals surface area contributed by atoms with Crippen molar-refractivity contribution in [2.24, 2.45) is 11.3 Å². The zero-order valence-corrected chi connectivity index (χ0v) is 17.0. The first kappa shape index (κ1) is 18.3. The molecule has 3 aromatic heterocycles. The number of rotatable bonds is 5. The lowest BCUT2D eigenvalue weighted by Gasteiger charge is -2.53. The Morgan fingerprint density at radius 1 is 1.29 bits per heavy atom. The highest BCUT2D eigenvalue weighted by molar-refractivity contribution is 5.93. The second-order valence-corrected chi connectivity index (χ2v) is 9.01. The normalized spacial score (nSPS) is 19.5. The number of nitrogens with one attached hydrogen (secondary N) is 2. The number of hydrogen-bond donors (Lipinski definition) is 2. The number of fused-ring (bicyclic) bond motifs is 1. The van der Waals surface area contributed by atoms with Crippen LogP contribution in [0.15, 0.2) is 36.7 Å². The molecule has 31 heavy (non-hydrogen) atoms. The molecular formula is C23H22N6O2. The van der Waals surface area contributed by atoms with E-state index in [0.29, 0.717) is 22.7 Å². The first-order chi connectivity index (χ1) is 15.1. The number of pyridine rings is 2. The predicted octanol–water partition coefficient (Wildman–Crippen LogP) is 2.75. The summed E-state index contributed by atoms with van der Waals surface area (Å²) in [5.41, 5.74) is 3.38. The van der Waals surface area contributed by atoms with Crippen molar-refractivity contribution < 1.29 is 9.53 Å². The second kappa shape index (κ2) is 6.79. The van der Waals surface area contributed by atoms with Crippen LogP contribution in [0.3, 0.4) is 0 Å². The quantitative estimate of drug-likeness (QED) is 0.665. The third-order valence-corrected chi connectivity index (χ3v) is 6.57. The SMILES string of the molecule is N#Cc1cc(-c2ccn3nc(NC(=O)C4CC4)cc3c2)c(OC2CC3(CNC3)C2)cn1. The predicted molar refractivity (Wildman–Crippen MR) is 113 cm³/mol. The Bertz CT molecular complexity index is 1230. The summed E-state index contributed by atoms with van der Waals surface area (Å²) in [5.74, 6) is 1.40. The number of aromatic nitrogens is 3. The van der Waals surface area contributed by atoms with Crippen LogP contribution in [0.25, 0.3) is 16.6 Å². The molecule has 8 heteroatoms. The Morgan fingerprint density at radius 2 is 2.13 bits per heavy atom. The minimum Gasteiger partial charge on any atom is -0.488 e. The van der Waals surface area contributed by atoms with E-state index in [0.717, 1.165) is 55.4 Å². The number of hydrogen-bond acceptors (Lipinski definition) is 6. The van der Waals surface area contributed by atoms with E-state index < -0.39 is 0 Å². The fraction of sp³-hybridized carbons (Fsp3) is 0.391. The summed E-state index contributed by atoms with van der Waals surface area (Å²) in [4.78, 5) is 16.3. The van der Waals surface area contributed by atoms with Gasteiger partial charge < -0.3 is 15.4 Å². The summed E-state index contributed by atoms with van der Waals surface area (Å²) < 4.78 is 8.02. The van der Waals surface area contributed by atoms with E-state index in [1.165, 1.54) is 0 Å². The molecule has 1 amide bonds. The highest BCUT2D eigenvalue weighted by Crippen LogP contribution is 2.46. The summed E-state index contributed by atoms with van der Waals surface area (Å²) in [6.07, 6.45) is 7.68. The molecule has 156 valence electrons.